The topological polar surface area (TPSA) is 29.1 Å². The van der Waals surface area contributed by atoms with Crippen molar-refractivity contribution in [3.63, 3.8) is 0 Å². The molecule has 0 saturated carbocycles. The second-order valence-electron chi connectivity index (χ2n) is 4.33. The van der Waals surface area contributed by atoms with E-state index in [1.165, 1.54) is 23.9 Å². The number of carbonyl (C=O) groups is 1. The Balaban J connectivity index is 1.73. The highest BCUT2D eigenvalue weighted by Gasteiger charge is 2.01. The SMILES string of the molecule is O=C(CSc1ccc(F)cc1)NCC#Cc1cccc(Cl)c1. The molecule has 0 bridgehead atoms. The minimum absolute atomic E-state index is 0.116. The number of hydrogen-bond donors (Lipinski definition) is 1. The Morgan fingerprint density at radius 1 is 1.23 bits per heavy atom. The minimum atomic E-state index is -0.287. The fourth-order valence-electron chi connectivity index (χ4n) is 1.59. The lowest BCUT2D eigenvalue weighted by Crippen LogP contribution is -2.25. The molecular weight excluding hydrogens is 321 g/mol. The van der Waals surface area contributed by atoms with Crippen molar-refractivity contribution in [2.75, 3.05) is 12.3 Å². The number of nitrogens with one attached hydrogen (secondary N) is 1. The molecule has 0 aromatic heterocycles. The van der Waals surface area contributed by atoms with Crippen molar-refractivity contribution in [3.05, 3.63) is 64.9 Å². The zero-order chi connectivity index (χ0) is 15.8. The molecule has 2 rings (SSSR count). The summed E-state index contributed by atoms with van der Waals surface area (Å²) in [5.41, 5.74) is 0.808. The zero-order valence-electron chi connectivity index (χ0n) is 11.6. The number of hydrogen-bond acceptors (Lipinski definition) is 2. The Labute approximate surface area is 138 Å². The second-order valence-corrected chi connectivity index (χ2v) is 5.82. The van der Waals surface area contributed by atoms with Gasteiger partial charge in [-0.3, -0.25) is 4.79 Å². The number of halogens is 2. The van der Waals surface area contributed by atoms with Crippen molar-refractivity contribution in [2.24, 2.45) is 0 Å². The van der Waals surface area contributed by atoms with Crippen LogP contribution in [0.15, 0.2) is 53.4 Å². The van der Waals surface area contributed by atoms with Gasteiger partial charge in [-0.2, -0.15) is 0 Å². The normalized spacial score (nSPS) is 9.73. The second kappa shape index (κ2) is 8.47. The first-order valence-electron chi connectivity index (χ1n) is 6.53. The molecule has 5 heteroatoms. The van der Waals surface area contributed by atoms with E-state index in [1.807, 2.05) is 12.1 Å². The lowest BCUT2D eigenvalue weighted by molar-refractivity contribution is -0.118. The van der Waals surface area contributed by atoms with Crippen molar-refractivity contribution < 1.29 is 9.18 Å². The van der Waals surface area contributed by atoms with E-state index in [2.05, 4.69) is 17.2 Å². The zero-order valence-corrected chi connectivity index (χ0v) is 13.2. The van der Waals surface area contributed by atoms with Gasteiger partial charge in [0.05, 0.1) is 12.3 Å². The van der Waals surface area contributed by atoms with E-state index in [9.17, 15) is 9.18 Å². The van der Waals surface area contributed by atoms with Gasteiger partial charge in [-0.1, -0.05) is 29.5 Å². The van der Waals surface area contributed by atoms with Crippen molar-refractivity contribution in [1.29, 1.82) is 0 Å². The standard InChI is InChI=1S/C17H13ClFNOS/c18-14-5-1-3-13(11-14)4-2-10-20-17(21)12-22-16-8-6-15(19)7-9-16/h1,3,5-9,11H,10,12H2,(H,20,21). The van der Waals surface area contributed by atoms with Gasteiger partial charge in [0.15, 0.2) is 0 Å². The molecule has 0 aliphatic rings. The average molecular weight is 334 g/mol. The largest absolute Gasteiger partial charge is 0.344 e. The van der Waals surface area contributed by atoms with Crippen molar-refractivity contribution in [3.8, 4) is 11.8 Å². The van der Waals surface area contributed by atoms with Crippen LogP contribution in [0.25, 0.3) is 0 Å². The molecular formula is C17H13ClFNOS. The molecule has 0 spiro atoms. The summed E-state index contributed by atoms with van der Waals surface area (Å²) in [6, 6.07) is 13.3. The van der Waals surface area contributed by atoms with Crippen LogP contribution < -0.4 is 5.32 Å². The Morgan fingerprint density at radius 2 is 2.00 bits per heavy atom. The third-order valence-electron chi connectivity index (χ3n) is 2.61. The molecule has 2 nitrogen and oxygen atoms in total. The average Bonchev–Trinajstić information content (AvgIpc) is 2.51. The molecule has 0 unspecified atom stereocenters. The smallest absolute Gasteiger partial charge is 0.231 e. The van der Waals surface area contributed by atoms with Crippen LogP contribution in [0.5, 0.6) is 0 Å². The lowest BCUT2D eigenvalue weighted by atomic mass is 10.2. The lowest BCUT2D eigenvalue weighted by Gasteiger charge is -2.01. The van der Waals surface area contributed by atoms with Crippen molar-refractivity contribution in [1.82, 2.24) is 5.32 Å². The summed E-state index contributed by atoms with van der Waals surface area (Å²) < 4.78 is 12.7. The maximum Gasteiger partial charge on any atom is 0.231 e. The van der Waals surface area contributed by atoms with Crippen LogP contribution in [0.3, 0.4) is 0 Å². The number of benzene rings is 2. The molecule has 112 valence electrons. The Kier molecular flexibility index (Phi) is 6.32. The van der Waals surface area contributed by atoms with E-state index in [-0.39, 0.29) is 24.0 Å². The first-order chi connectivity index (χ1) is 10.6. The van der Waals surface area contributed by atoms with Crippen LogP contribution in [-0.2, 0) is 4.79 Å². The Hall–Kier alpha value is -1.96. The molecule has 0 atom stereocenters. The highest BCUT2D eigenvalue weighted by Crippen LogP contribution is 2.17. The molecule has 2 aromatic carbocycles. The van der Waals surface area contributed by atoms with Crippen LogP contribution >= 0.6 is 23.4 Å². The van der Waals surface area contributed by atoms with Gasteiger partial charge in [0.25, 0.3) is 0 Å². The van der Waals surface area contributed by atoms with Gasteiger partial charge in [0.1, 0.15) is 5.82 Å². The predicted octanol–water partition coefficient (Wildman–Crippen LogP) is 3.74. The van der Waals surface area contributed by atoms with Gasteiger partial charge in [-0.15, -0.1) is 11.8 Å². The quantitative estimate of drug-likeness (QED) is 0.682. The molecule has 2 aromatic rings. The number of rotatable bonds is 4. The summed E-state index contributed by atoms with van der Waals surface area (Å²) in [5, 5.41) is 3.34. The van der Waals surface area contributed by atoms with E-state index in [0.29, 0.717) is 5.02 Å². The molecule has 0 saturated heterocycles. The van der Waals surface area contributed by atoms with Gasteiger partial charge in [0.2, 0.25) is 5.91 Å². The molecule has 0 radical (unpaired) electrons. The fourth-order valence-corrected chi connectivity index (χ4v) is 2.50. The van der Waals surface area contributed by atoms with Crippen LogP contribution in [-0.4, -0.2) is 18.2 Å². The van der Waals surface area contributed by atoms with Crippen molar-refractivity contribution >= 4 is 29.3 Å². The van der Waals surface area contributed by atoms with E-state index in [0.717, 1.165) is 10.5 Å². The number of thioether (sulfide) groups is 1. The molecule has 0 heterocycles. The molecule has 22 heavy (non-hydrogen) atoms. The third-order valence-corrected chi connectivity index (χ3v) is 3.86. The predicted molar refractivity (Wildman–Crippen MR) is 88.5 cm³/mol. The van der Waals surface area contributed by atoms with E-state index in [4.69, 9.17) is 11.6 Å². The number of amides is 1. The summed E-state index contributed by atoms with van der Waals surface area (Å²) in [5.74, 6) is 5.65. The molecule has 1 amide bonds. The summed E-state index contributed by atoms with van der Waals surface area (Å²) >= 11 is 7.20. The van der Waals surface area contributed by atoms with Gasteiger partial charge in [-0.25, -0.2) is 4.39 Å². The van der Waals surface area contributed by atoms with Crippen LogP contribution in [0.4, 0.5) is 4.39 Å². The van der Waals surface area contributed by atoms with Crippen LogP contribution in [0.2, 0.25) is 5.02 Å². The molecule has 0 fully saturated rings. The minimum Gasteiger partial charge on any atom is -0.344 e. The Morgan fingerprint density at radius 3 is 2.73 bits per heavy atom. The van der Waals surface area contributed by atoms with Gasteiger partial charge in [0, 0.05) is 15.5 Å². The van der Waals surface area contributed by atoms with E-state index < -0.39 is 0 Å². The molecule has 0 aliphatic heterocycles. The summed E-state index contributed by atoms with van der Waals surface area (Å²) in [6.07, 6.45) is 0. The highest BCUT2D eigenvalue weighted by molar-refractivity contribution is 8.00. The summed E-state index contributed by atoms with van der Waals surface area (Å²) in [4.78, 5) is 12.5. The monoisotopic (exact) mass is 333 g/mol. The Bertz CT molecular complexity index is 707. The molecule has 1 N–H and O–H groups in total. The van der Waals surface area contributed by atoms with Crippen LogP contribution in [0, 0.1) is 17.7 Å². The fraction of sp³-hybridized carbons (Fsp3) is 0.118. The summed E-state index contributed by atoms with van der Waals surface area (Å²) in [7, 11) is 0. The number of carbonyl (C=O) groups excluding carboxylic acids is 1. The van der Waals surface area contributed by atoms with E-state index >= 15 is 0 Å². The highest BCUT2D eigenvalue weighted by atomic mass is 35.5. The maximum atomic E-state index is 12.7. The maximum absolute atomic E-state index is 12.7. The third kappa shape index (κ3) is 5.80. The first-order valence-corrected chi connectivity index (χ1v) is 7.89. The first kappa shape index (κ1) is 16.4. The van der Waals surface area contributed by atoms with Crippen molar-refractivity contribution in [2.45, 2.75) is 4.90 Å². The summed E-state index contributed by atoms with van der Waals surface area (Å²) in [6.45, 7) is 0.273. The van der Waals surface area contributed by atoms with Crippen LogP contribution in [0.1, 0.15) is 5.56 Å². The molecule has 0 aliphatic carbocycles. The van der Waals surface area contributed by atoms with E-state index in [1.54, 1.807) is 24.3 Å². The van der Waals surface area contributed by atoms with Gasteiger partial charge >= 0.3 is 0 Å². The van der Waals surface area contributed by atoms with Gasteiger partial charge in [-0.05, 0) is 42.5 Å². The van der Waals surface area contributed by atoms with Gasteiger partial charge < -0.3 is 5.32 Å².